The van der Waals surface area contributed by atoms with Gasteiger partial charge in [-0.25, -0.2) is 0 Å². The average Bonchev–Trinajstić information content (AvgIpc) is 3.45. The summed E-state index contributed by atoms with van der Waals surface area (Å²) in [4.78, 5) is 44.9. The zero-order chi connectivity index (χ0) is 24.9. The molecule has 7 heteroatoms. The van der Waals surface area contributed by atoms with Gasteiger partial charge in [0, 0.05) is 29.9 Å². The van der Waals surface area contributed by atoms with Gasteiger partial charge in [-0.15, -0.1) is 0 Å². The van der Waals surface area contributed by atoms with Gasteiger partial charge >= 0.3 is 0 Å². The summed E-state index contributed by atoms with van der Waals surface area (Å²) in [5.41, 5.74) is 4.40. The summed E-state index contributed by atoms with van der Waals surface area (Å²) in [6.07, 6.45) is 5.89. The lowest BCUT2D eigenvalue weighted by Crippen LogP contribution is -2.48. The maximum Gasteiger partial charge on any atom is 0.268 e. The molecule has 1 aromatic carbocycles. The number of aromatic nitrogens is 1. The maximum absolute atomic E-state index is 13.7. The molecule has 1 atom stereocenters. The van der Waals surface area contributed by atoms with Gasteiger partial charge in [-0.3, -0.25) is 14.4 Å². The number of nitrogens with zero attached hydrogens (tertiary/aromatic N) is 1. The fourth-order valence-corrected chi connectivity index (χ4v) is 5.68. The van der Waals surface area contributed by atoms with E-state index in [1.54, 1.807) is 12.0 Å². The van der Waals surface area contributed by atoms with E-state index in [1.807, 2.05) is 25.1 Å². The fourth-order valence-electron chi connectivity index (χ4n) is 5.68. The van der Waals surface area contributed by atoms with Gasteiger partial charge in [0.2, 0.25) is 5.91 Å². The number of anilines is 1. The Morgan fingerprint density at radius 1 is 1.26 bits per heavy atom. The van der Waals surface area contributed by atoms with Crippen LogP contribution in [0.15, 0.2) is 18.2 Å². The number of H-pyrrole nitrogens is 1. The van der Waals surface area contributed by atoms with Crippen molar-refractivity contribution in [1.29, 1.82) is 0 Å². The molecule has 1 unspecified atom stereocenters. The van der Waals surface area contributed by atoms with Crippen molar-refractivity contribution in [3.8, 4) is 5.75 Å². The van der Waals surface area contributed by atoms with Crippen molar-refractivity contribution in [3.63, 3.8) is 0 Å². The number of carbonyl (C=O) groups is 3. The third kappa shape index (κ3) is 4.60. The van der Waals surface area contributed by atoms with Crippen LogP contribution in [-0.4, -0.2) is 42.3 Å². The number of ether oxygens (including phenoxy) is 1. The van der Waals surface area contributed by atoms with E-state index < -0.39 is 6.04 Å². The minimum Gasteiger partial charge on any atom is -0.497 e. The summed E-state index contributed by atoms with van der Waals surface area (Å²) in [6.45, 7) is 6.56. The molecule has 0 radical (unpaired) electrons. The van der Waals surface area contributed by atoms with Crippen LogP contribution in [0.4, 0.5) is 5.69 Å². The Balaban J connectivity index is 1.38. The van der Waals surface area contributed by atoms with Crippen molar-refractivity contribution < 1.29 is 19.1 Å². The minimum atomic E-state index is -0.608. The molecular weight excluding hydrogens is 442 g/mol. The Labute approximate surface area is 206 Å². The van der Waals surface area contributed by atoms with Gasteiger partial charge in [0.15, 0.2) is 5.78 Å². The second-order valence-electron chi connectivity index (χ2n) is 11.2. The molecule has 2 amide bonds. The van der Waals surface area contributed by atoms with Crippen LogP contribution in [0.1, 0.15) is 83.6 Å². The second kappa shape index (κ2) is 8.85. The summed E-state index contributed by atoms with van der Waals surface area (Å²) in [6, 6.07) is 5.16. The van der Waals surface area contributed by atoms with E-state index in [-0.39, 0.29) is 23.0 Å². The first-order chi connectivity index (χ1) is 16.7. The molecule has 1 fully saturated rings. The van der Waals surface area contributed by atoms with Crippen LogP contribution in [0, 0.1) is 18.3 Å². The van der Waals surface area contributed by atoms with Gasteiger partial charge in [0.05, 0.1) is 7.11 Å². The maximum atomic E-state index is 13.7. The first-order valence-corrected chi connectivity index (χ1v) is 12.7. The number of carbonyl (C=O) groups excluding carboxylic acids is 3. The molecule has 2 aliphatic carbocycles. The van der Waals surface area contributed by atoms with E-state index in [4.69, 9.17) is 4.74 Å². The average molecular weight is 478 g/mol. The van der Waals surface area contributed by atoms with Gasteiger partial charge in [-0.05, 0) is 73.3 Å². The van der Waals surface area contributed by atoms with Crippen LogP contribution >= 0.6 is 0 Å². The monoisotopic (exact) mass is 477 g/mol. The highest BCUT2D eigenvalue weighted by atomic mass is 16.5. The summed E-state index contributed by atoms with van der Waals surface area (Å²) < 4.78 is 5.33. The summed E-state index contributed by atoms with van der Waals surface area (Å²) in [7, 11) is 1.64. The molecule has 3 aliphatic rings. The molecule has 0 saturated heterocycles. The lowest BCUT2D eigenvalue weighted by Gasteiger charge is -2.28. The molecule has 1 aromatic heterocycles. The second-order valence-corrected chi connectivity index (χ2v) is 11.2. The largest absolute Gasteiger partial charge is 0.497 e. The van der Waals surface area contributed by atoms with Crippen molar-refractivity contribution in [1.82, 2.24) is 10.3 Å². The number of nitrogens with one attached hydrogen (secondary N) is 2. The Kier molecular flexibility index (Phi) is 5.98. The lowest BCUT2D eigenvalue weighted by molar-refractivity contribution is -0.120. The molecule has 5 rings (SSSR count). The summed E-state index contributed by atoms with van der Waals surface area (Å²) in [5, 5.41) is 3.03. The highest BCUT2D eigenvalue weighted by Gasteiger charge is 2.37. The number of rotatable bonds is 7. The molecule has 0 bridgehead atoms. The Bertz CT molecular complexity index is 1190. The van der Waals surface area contributed by atoms with Crippen LogP contribution < -0.4 is 15.0 Å². The smallest absolute Gasteiger partial charge is 0.268 e. The number of hydrogen-bond acceptors (Lipinski definition) is 4. The molecule has 2 N–H and O–H groups in total. The quantitative estimate of drug-likeness (QED) is 0.620. The van der Waals surface area contributed by atoms with E-state index in [1.165, 1.54) is 12.8 Å². The molecule has 0 spiro atoms. The van der Waals surface area contributed by atoms with Crippen LogP contribution in [-0.2, 0) is 17.6 Å². The van der Waals surface area contributed by atoms with Gasteiger partial charge in [-0.1, -0.05) is 26.7 Å². The van der Waals surface area contributed by atoms with Crippen LogP contribution in [0.25, 0.3) is 0 Å². The standard InChI is InChI=1S/C28H35N3O4/c1-16-24-21(14-28(2,3)15-23(24)32)29-25(16)26(33)30-20(9-7-17-5-6-17)27(34)31-12-11-18-13-19(35-4)8-10-22(18)31/h8,10,13,17,20,29H,5-7,9,11-12,14-15H2,1-4H3,(H,30,33). The summed E-state index contributed by atoms with van der Waals surface area (Å²) in [5.74, 6) is 1.12. The van der Waals surface area contributed by atoms with E-state index in [0.29, 0.717) is 42.1 Å². The van der Waals surface area contributed by atoms with Crippen LogP contribution in [0.5, 0.6) is 5.75 Å². The van der Waals surface area contributed by atoms with E-state index in [2.05, 4.69) is 24.1 Å². The van der Waals surface area contributed by atoms with Gasteiger partial charge in [0.25, 0.3) is 5.91 Å². The molecule has 2 aromatic rings. The molecule has 2 heterocycles. The highest BCUT2D eigenvalue weighted by molar-refractivity contribution is 6.06. The minimum absolute atomic E-state index is 0.0749. The van der Waals surface area contributed by atoms with Crippen molar-refractivity contribution in [2.75, 3.05) is 18.6 Å². The Morgan fingerprint density at radius 2 is 2.03 bits per heavy atom. The van der Waals surface area contributed by atoms with E-state index in [9.17, 15) is 14.4 Å². The number of ketones is 1. The zero-order valence-electron chi connectivity index (χ0n) is 21.1. The Hall–Kier alpha value is -3.09. The van der Waals surface area contributed by atoms with Crippen molar-refractivity contribution in [2.24, 2.45) is 11.3 Å². The third-order valence-corrected chi connectivity index (χ3v) is 7.74. The molecule has 1 aliphatic heterocycles. The fraction of sp³-hybridized carbons (Fsp3) is 0.536. The number of methoxy groups -OCH3 is 1. The van der Waals surface area contributed by atoms with Gasteiger partial charge < -0.3 is 19.9 Å². The van der Waals surface area contributed by atoms with Crippen LogP contribution in [0.2, 0.25) is 0 Å². The van der Waals surface area contributed by atoms with Crippen LogP contribution in [0.3, 0.4) is 0 Å². The van der Waals surface area contributed by atoms with Gasteiger partial charge in [-0.2, -0.15) is 0 Å². The molecule has 1 saturated carbocycles. The molecule has 35 heavy (non-hydrogen) atoms. The van der Waals surface area contributed by atoms with E-state index >= 15 is 0 Å². The van der Waals surface area contributed by atoms with Crippen molar-refractivity contribution in [3.05, 3.63) is 46.3 Å². The summed E-state index contributed by atoms with van der Waals surface area (Å²) >= 11 is 0. The number of Topliss-reactive ketones (excluding diaryl/α,β-unsaturated/α-hetero) is 1. The number of amides is 2. The predicted octanol–water partition coefficient (Wildman–Crippen LogP) is 4.36. The Morgan fingerprint density at radius 3 is 2.74 bits per heavy atom. The third-order valence-electron chi connectivity index (χ3n) is 7.74. The van der Waals surface area contributed by atoms with Crippen molar-refractivity contribution in [2.45, 2.75) is 71.8 Å². The first-order valence-electron chi connectivity index (χ1n) is 12.7. The number of benzene rings is 1. The predicted molar refractivity (Wildman–Crippen MR) is 134 cm³/mol. The normalized spacial score (nSPS) is 19.2. The van der Waals surface area contributed by atoms with Crippen molar-refractivity contribution >= 4 is 23.3 Å². The van der Waals surface area contributed by atoms with E-state index in [0.717, 1.165) is 42.0 Å². The molecule has 7 nitrogen and oxygen atoms in total. The van der Waals surface area contributed by atoms with Gasteiger partial charge in [0.1, 0.15) is 17.5 Å². The number of fused-ring (bicyclic) bond motifs is 2. The SMILES string of the molecule is COc1ccc2c(c1)CCN2C(=O)C(CCC1CC1)NC(=O)c1[nH]c2c(c1C)C(=O)CC(C)(C)C2. The lowest BCUT2D eigenvalue weighted by atomic mass is 9.75. The molecular formula is C28H35N3O4. The number of aromatic amines is 1. The number of hydrogen-bond donors (Lipinski definition) is 2. The highest BCUT2D eigenvalue weighted by Crippen LogP contribution is 2.38. The zero-order valence-corrected chi connectivity index (χ0v) is 21.1. The molecule has 186 valence electrons. The topological polar surface area (TPSA) is 91.5 Å². The first kappa shape index (κ1) is 23.6.